The van der Waals surface area contributed by atoms with Crippen LogP contribution >= 0.6 is 23.5 Å². The van der Waals surface area contributed by atoms with Crippen LogP contribution in [0, 0.1) is 0 Å². The highest BCUT2D eigenvalue weighted by molar-refractivity contribution is 8.00. The second kappa shape index (κ2) is 10.7. The van der Waals surface area contributed by atoms with Crippen molar-refractivity contribution in [1.82, 2.24) is 34.3 Å². The van der Waals surface area contributed by atoms with Crippen LogP contribution in [0.2, 0.25) is 5.02 Å². The van der Waals surface area contributed by atoms with E-state index in [1.807, 2.05) is 52.3 Å². The van der Waals surface area contributed by atoms with Gasteiger partial charge < -0.3 is 19.3 Å². The molecule has 0 radical (unpaired) electrons. The van der Waals surface area contributed by atoms with E-state index in [-0.39, 0.29) is 0 Å². The largest absolute Gasteiger partial charge is 0.480 e. The van der Waals surface area contributed by atoms with E-state index in [0.29, 0.717) is 22.5 Å². The van der Waals surface area contributed by atoms with E-state index >= 15 is 0 Å². The van der Waals surface area contributed by atoms with Gasteiger partial charge in [-0.3, -0.25) is 4.68 Å². The average molecular weight is 548 g/mol. The lowest BCUT2D eigenvalue weighted by molar-refractivity contribution is 0.387. The number of fused-ring (bicyclic) bond motifs is 4. The monoisotopic (exact) mass is 547 g/mol. The third kappa shape index (κ3) is 4.77. The number of rotatable bonds is 6. The Balaban J connectivity index is 0.00000144. The predicted molar refractivity (Wildman–Crippen MR) is 154 cm³/mol. The molecule has 5 aromatic heterocycles. The van der Waals surface area contributed by atoms with Gasteiger partial charge in [0, 0.05) is 48.8 Å². The molecule has 12 heteroatoms. The molecule has 0 saturated heterocycles. The number of ether oxygens (including phenoxy) is 1. The number of anilines is 3. The van der Waals surface area contributed by atoms with Gasteiger partial charge in [0.05, 0.1) is 40.1 Å². The second-order valence-corrected chi connectivity index (χ2v) is 9.40. The Morgan fingerprint density at radius 1 is 1.00 bits per heavy atom. The smallest absolute Gasteiger partial charge is 0.229 e. The molecule has 38 heavy (non-hydrogen) atoms. The van der Waals surface area contributed by atoms with Crippen molar-refractivity contribution in [3.63, 3.8) is 0 Å². The summed E-state index contributed by atoms with van der Waals surface area (Å²) in [5, 5.41) is 10.8. The van der Waals surface area contributed by atoms with Crippen LogP contribution in [-0.2, 0) is 14.1 Å². The minimum atomic E-state index is 0.462. The molecule has 5 heterocycles. The van der Waals surface area contributed by atoms with Crippen molar-refractivity contribution in [1.29, 1.82) is 0 Å². The number of aryl methyl sites for hydroxylation is 2. The first kappa shape index (κ1) is 25.6. The van der Waals surface area contributed by atoms with Crippen LogP contribution in [-0.4, -0.2) is 41.4 Å². The van der Waals surface area contributed by atoms with Gasteiger partial charge in [0.1, 0.15) is 5.65 Å². The van der Waals surface area contributed by atoms with Gasteiger partial charge in [-0.05, 0) is 30.1 Å². The molecule has 0 atom stereocenters. The van der Waals surface area contributed by atoms with Crippen LogP contribution in [0.5, 0.6) is 5.88 Å². The number of benzene rings is 1. The zero-order valence-electron chi connectivity index (χ0n) is 21.5. The summed E-state index contributed by atoms with van der Waals surface area (Å²) in [6.07, 6.45) is 6.92. The fourth-order valence-electron chi connectivity index (χ4n) is 4.14. The number of aromatic nitrogens is 7. The SMILES string of the molecule is CC.COc1ncc(Cl)cc1SNc1cccc2c3cc4cnc(Nc5cnn(C)c5)nc4nc3n(C)c12. The zero-order chi connectivity index (χ0) is 26.8. The van der Waals surface area contributed by atoms with Crippen molar-refractivity contribution in [2.75, 3.05) is 17.1 Å². The van der Waals surface area contributed by atoms with Crippen molar-refractivity contribution < 1.29 is 4.74 Å². The molecule has 10 nitrogen and oxygen atoms in total. The Bertz CT molecular complexity index is 1770. The first-order chi connectivity index (χ1) is 18.5. The lowest BCUT2D eigenvalue weighted by Gasteiger charge is -2.11. The third-order valence-corrected chi connectivity index (χ3v) is 6.78. The molecule has 0 unspecified atom stereocenters. The number of hydrogen-bond donors (Lipinski definition) is 2. The molecule has 0 aliphatic heterocycles. The molecular formula is C26H26ClN9OS. The van der Waals surface area contributed by atoms with Gasteiger partial charge in [-0.1, -0.05) is 37.6 Å². The fraction of sp³-hybridized carbons (Fsp3) is 0.192. The predicted octanol–water partition coefficient (Wildman–Crippen LogP) is 6.35. The number of hydrogen-bond acceptors (Lipinski definition) is 9. The molecule has 6 aromatic rings. The van der Waals surface area contributed by atoms with Crippen LogP contribution in [0.1, 0.15) is 13.8 Å². The summed E-state index contributed by atoms with van der Waals surface area (Å²) < 4.78 is 12.6. The van der Waals surface area contributed by atoms with E-state index in [1.165, 1.54) is 11.9 Å². The Morgan fingerprint density at radius 2 is 1.84 bits per heavy atom. The van der Waals surface area contributed by atoms with Gasteiger partial charge in [0.25, 0.3) is 0 Å². The number of para-hydroxylation sites is 1. The Hall–Kier alpha value is -4.09. The standard InChI is InChI=1S/C24H20ClN9OS.C2H6/c1-33-12-15(11-28-33)29-24-27-9-13-7-17-16-5-4-6-18(20(16)34(2)22(17)30-21(13)31-24)32-36-19-8-14(25)10-26-23(19)35-3;1-2/h4-12,32H,1-3H3,(H,27,29,30,31);1-2H3. The zero-order valence-corrected chi connectivity index (χ0v) is 23.1. The first-order valence-corrected chi connectivity index (χ1v) is 13.1. The van der Waals surface area contributed by atoms with Gasteiger partial charge in [-0.2, -0.15) is 10.1 Å². The van der Waals surface area contributed by atoms with E-state index < -0.39 is 0 Å². The summed E-state index contributed by atoms with van der Waals surface area (Å²) in [7, 11) is 5.44. The van der Waals surface area contributed by atoms with Crippen LogP contribution in [0.25, 0.3) is 33.0 Å². The fourth-order valence-corrected chi connectivity index (χ4v) is 5.15. The maximum atomic E-state index is 6.15. The molecule has 0 spiro atoms. The van der Waals surface area contributed by atoms with Crippen molar-refractivity contribution in [2.45, 2.75) is 18.7 Å². The van der Waals surface area contributed by atoms with Gasteiger partial charge in [0.15, 0.2) is 5.65 Å². The quantitative estimate of drug-likeness (QED) is 0.230. The lowest BCUT2D eigenvalue weighted by atomic mass is 10.1. The lowest BCUT2D eigenvalue weighted by Crippen LogP contribution is -1.99. The molecule has 0 aliphatic rings. The molecule has 1 aromatic carbocycles. The Morgan fingerprint density at radius 3 is 2.61 bits per heavy atom. The molecule has 0 amide bonds. The topological polar surface area (TPSA) is 108 Å². The maximum Gasteiger partial charge on any atom is 0.229 e. The molecule has 0 bridgehead atoms. The molecule has 0 fully saturated rings. The van der Waals surface area contributed by atoms with Crippen LogP contribution in [0.3, 0.4) is 0 Å². The Labute approximate surface area is 228 Å². The van der Waals surface area contributed by atoms with Gasteiger partial charge in [-0.15, -0.1) is 0 Å². The summed E-state index contributed by atoms with van der Waals surface area (Å²) in [5.41, 5.74) is 4.17. The summed E-state index contributed by atoms with van der Waals surface area (Å²) in [4.78, 5) is 19.0. The van der Waals surface area contributed by atoms with Crippen molar-refractivity contribution in [2.24, 2.45) is 14.1 Å². The van der Waals surface area contributed by atoms with Crippen LogP contribution in [0.4, 0.5) is 17.3 Å². The number of methoxy groups -OCH3 is 1. The average Bonchev–Trinajstić information content (AvgIpc) is 3.47. The van der Waals surface area contributed by atoms with E-state index in [4.69, 9.17) is 21.3 Å². The van der Waals surface area contributed by atoms with Crippen molar-refractivity contribution >= 4 is 73.8 Å². The van der Waals surface area contributed by atoms with Crippen molar-refractivity contribution in [3.05, 3.63) is 60.1 Å². The van der Waals surface area contributed by atoms with Gasteiger partial charge in [0.2, 0.25) is 11.8 Å². The summed E-state index contributed by atoms with van der Waals surface area (Å²) in [5.74, 6) is 0.965. The van der Waals surface area contributed by atoms with Gasteiger partial charge >= 0.3 is 0 Å². The van der Waals surface area contributed by atoms with Crippen molar-refractivity contribution in [3.8, 4) is 5.88 Å². The highest BCUT2D eigenvalue weighted by Crippen LogP contribution is 2.37. The maximum absolute atomic E-state index is 6.15. The number of pyridine rings is 2. The van der Waals surface area contributed by atoms with E-state index in [0.717, 1.165) is 43.6 Å². The second-order valence-electron chi connectivity index (χ2n) is 8.12. The van der Waals surface area contributed by atoms with E-state index in [2.05, 4.69) is 46.8 Å². The first-order valence-electron chi connectivity index (χ1n) is 11.9. The van der Waals surface area contributed by atoms with Gasteiger partial charge in [-0.25, -0.2) is 15.0 Å². The van der Waals surface area contributed by atoms with E-state index in [1.54, 1.807) is 30.4 Å². The van der Waals surface area contributed by atoms with E-state index in [9.17, 15) is 0 Å². The van der Waals surface area contributed by atoms with Crippen LogP contribution < -0.4 is 14.8 Å². The minimum Gasteiger partial charge on any atom is -0.480 e. The number of halogens is 1. The van der Waals surface area contributed by atoms with Crippen LogP contribution in [0.15, 0.2) is 60.0 Å². The molecule has 0 saturated carbocycles. The molecule has 194 valence electrons. The number of nitrogens with one attached hydrogen (secondary N) is 2. The summed E-state index contributed by atoms with van der Waals surface area (Å²) >= 11 is 7.53. The highest BCUT2D eigenvalue weighted by atomic mass is 35.5. The normalized spacial score (nSPS) is 11.0. The molecule has 6 rings (SSSR count). The molecular weight excluding hydrogens is 522 g/mol. The third-order valence-electron chi connectivity index (χ3n) is 5.74. The summed E-state index contributed by atoms with van der Waals surface area (Å²) in [6.45, 7) is 4.00. The summed E-state index contributed by atoms with van der Waals surface area (Å²) in [6, 6.07) is 10.0. The molecule has 2 N–H and O–H groups in total. The Kier molecular flexibility index (Phi) is 7.21. The highest BCUT2D eigenvalue weighted by Gasteiger charge is 2.16. The molecule has 0 aliphatic carbocycles. The minimum absolute atomic E-state index is 0.462. The number of nitrogens with zero attached hydrogens (tertiary/aromatic N) is 7.